The van der Waals surface area contributed by atoms with Gasteiger partial charge in [-0.15, -0.1) is 5.10 Å². The molecule has 1 heterocycles. The molecule has 1 amide bonds. The van der Waals surface area contributed by atoms with Gasteiger partial charge >= 0.3 is 5.97 Å². The number of carboxylic acids is 1. The Morgan fingerprint density at radius 1 is 1.53 bits per heavy atom. The summed E-state index contributed by atoms with van der Waals surface area (Å²) in [4.78, 5) is 21.8. The van der Waals surface area contributed by atoms with Crippen molar-refractivity contribution in [3.63, 3.8) is 0 Å². The van der Waals surface area contributed by atoms with E-state index in [2.05, 4.69) is 15.6 Å². The fraction of sp³-hybridized carbons (Fsp3) is 0.600. The highest BCUT2D eigenvalue weighted by Gasteiger charge is 2.07. The maximum Gasteiger partial charge on any atom is 0.309 e. The lowest BCUT2D eigenvalue weighted by Gasteiger charge is -2.03. The highest BCUT2D eigenvalue weighted by atomic mass is 16.4. The number of hydrogen-bond donors (Lipinski definition) is 2. The standard InChI is InChI=1S/C10H16N4O3/c1-2-3-4-11-9(15)7-14-6-8(12-13-14)5-10(16)17/h6H,2-5,7H2,1H3,(H,11,15)(H,16,17). The number of nitrogens with one attached hydrogen (secondary N) is 1. The van der Waals surface area contributed by atoms with E-state index in [4.69, 9.17) is 5.11 Å². The minimum Gasteiger partial charge on any atom is -0.481 e. The van der Waals surface area contributed by atoms with Crippen LogP contribution >= 0.6 is 0 Å². The molecule has 0 atom stereocenters. The van der Waals surface area contributed by atoms with Crippen LogP contribution in [0.25, 0.3) is 0 Å². The largest absolute Gasteiger partial charge is 0.481 e. The molecule has 17 heavy (non-hydrogen) atoms. The Labute approximate surface area is 98.8 Å². The number of hydrogen-bond acceptors (Lipinski definition) is 4. The van der Waals surface area contributed by atoms with Crippen molar-refractivity contribution in [3.8, 4) is 0 Å². The van der Waals surface area contributed by atoms with Crippen LogP contribution in [0, 0.1) is 0 Å². The van der Waals surface area contributed by atoms with E-state index >= 15 is 0 Å². The van der Waals surface area contributed by atoms with Crippen molar-refractivity contribution in [1.29, 1.82) is 0 Å². The lowest BCUT2D eigenvalue weighted by molar-refractivity contribution is -0.136. The number of aromatic nitrogens is 3. The summed E-state index contributed by atoms with van der Waals surface area (Å²) in [6, 6.07) is 0. The number of nitrogens with zero attached hydrogens (tertiary/aromatic N) is 3. The molecule has 0 aliphatic rings. The third kappa shape index (κ3) is 5.10. The minimum atomic E-state index is -0.968. The van der Waals surface area contributed by atoms with Crippen LogP contribution < -0.4 is 5.32 Å². The molecule has 0 saturated heterocycles. The van der Waals surface area contributed by atoms with Crippen LogP contribution in [0.5, 0.6) is 0 Å². The second-order valence-corrected chi connectivity index (χ2v) is 3.68. The van der Waals surface area contributed by atoms with Crippen molar-refractivity contribution in [3.05, 3.63) is 11.9 Å². The highest BCUT2D eigenvalue weighted by molar-refractivity contribution is 5.75. The Balaban J connectivity index is 2.38. The van der Waals surface area contributed by atoms with Crippen molar-refractivity contribution >= 4 is 11.9 Å². The van der Waals surface area contributed by atoms with E-state index in [1.165, 1.54) is 10.9 Å². The van der Waals surface area contributed by atoms with Gasteiger partial charge in [0.1, 0.15) is 6.54 Å². The Bertz CT molecular complexity index is 389. The lowest BCUT2D eigenvalue weighted by atomic mass is 10.3. The number of carboxylic acid groups (broad SMARTS) is 1. The first-order valence-corrected chi connectivity index (χ1v) is 5.49. The first-order valence-electron chi connectivity index (χ1n) is 5.49. The third-order valence-corrected chi connectivity index (χ3v) is 2.08. The minimum absolute atomic E-state index is 0.0658. The zero-order valence-electron chi connectivity index (χ0n) is 9.72. The van der Waals surface area contributed by atoms with E-state index in [9.17, 15) is 9.59 Å². The van der Waals surface area contributed by atoms with E-state index in [-0.39, 0.29) is 18.9 Å². The molecule has 2 N–H and O–H groups in total. The van der Waals surface area contributed by atoms with Crippen LogP contribution in [-0.2, 0) is 22.6 Å². The van der Waals surface area contributed by atoms with Crippen molar-refractivity contribution < 1.29 is 14.7 Å². The van der Waals surface area contributed by atoms with Gasteiger partial charge in [-0.1, -0.05) is 18.6 Å². The monoisotopic (exact) mass is 240 g/mol. The summed E-state index contributed by atoms with van der Waals surface area (Å²) in [6.07, 6.45) is 3.24. The summed E-state index contributed by atoms with van der Waals surface area (Å²) in [5.41, 5.74) is 0.346. The molecule has 1 rings (SSSR count). The fourth-order valence-electron chi connectivity index (χ4n) is 1.26. The van der Waals surface area contributed by atoms with Crippen molar-refractivity contribution in [2.45, 2.75) is 32.7 Å². The number of rotatable bonds is 7. The predicted molar refractivity (Wildman–Crippen MR) is 59.3 cm³/mol. The zero-order chi connectivity index (χ0) is 12.7. The molecule has 0 spiro atoms. The van der Waals surface area contributed by atoms with E-state index in [0.717, 1.165) is 12.8 Å². The predicted octanol–water partition coefficient (Wildman–Crippen LogP) is -0.178. The number of carbonyl (C=O) groups is 2. The molecule has 7 heteroatoms. The fourth-order valence-corrected chi connectivity index (χ4v) is 1.26. The topological polar surface area (TPSA) is 97.1 Å². The number of amides is 1. The maximum atomic E-state index is 11.4. The van der Waals surface area contributed by atoms with Crippen molar-refractivity contribution in [1.82, 2.24) is 20.3 Å². The molecule has 0 saturated carbocycles. The summed E-state index contributed by atoms with van der Waals surface area (Å²) in [7, 11) is 0. The smallest absolute Gasteiger partial charge is 0.309 e. The Hall–Kier alpha value is -1.92. The molecular weight excluding hydrogens is 224 g/mol. The van der Waals surface area contributed by atoms with Gasteiger partial charge in [-0.2, -0.15) is 0 Å². The van der Waals surface area contributed by atoms with Gasteiger partial charge in [0.05, 0.1) is 12.1 Å². The van der Waals surface area contributed by atoms with E-state index in [1.807, 2.05) is 6.92 Å². The van der Waals surface area contributed by atoms with E-state index in [1.54, 1.807) is 0 Å². The molecule has 0 unspecified atom stereocenters. The second-order valence-electron chi connectivity index (χ2n) is 3.68. The summed E-state index contributed by atoms with van der Waals surface area (Å²) < 4.78 is 1.33. The van der Waals surface area contributed by atoms with Crippen LogP contribution in [0.1, 0.15) is 25.5 Å². The van der Waals surface area contributed by atoms with Gasteiger partial charge in [0.15, 0.2) is 0 Å². The molecule has 1 aromatic rings. The molecule has 0 aliphatic carbocycles. The summed E-state index contributed by atoms with van der Waals surface area (Å²) in [5, 5.41) is 18.6. The first kappa shape index (κ1) is 13.1. The van der Waals surface area contributed by atoms with Crippen molar-refractivity contribution in [2.24, 2.45) is 0 Å². The van der Waals surface area contributed by atoms with Gasteiger partial charge in [0.25, 0.3) is 0 Å². The van der Waals surface area contributed by atoms with E-state index < -0.39 is 5.97 Å². The van der Waals surface area contributed by atoms with E-state index in [0.29, 0.717) is 12.2 Å². The molecule has 0 radical (unpaired) electrons. The SMILES string of the molecule is CCCCNC(=O)Cn1cc(CC(=O)O)nn1. The molecule has 0 fully saturated rings. The Kier molecular flexibility index (Phi) is 5.12. The highest BCUT2D eigenvalue weighted by Crippen LogP contribution is 1.94. The van der Waals surface area contributed by atoms with Gasteiger partial charge in [0, 0.05) is 12.7 Å². The molecular formula is C10H16N4O3. The maximum absolute atomic E-state index is 11.4. The van der Waals surface area contributed by atoms with Crippen LogP contribution in [-0.4, -0.2) is 38.5 Å². The molecule has 0 aromatic carbocycles. The molecule has 1 aromatic heterocycles. The van der Waals surface area contributed by atoms with Crippen LogP contribution in [0.2, 0.25) is 0 Å². The summed E-state index contributed by atoms with van der Waals surface area (Å²) in [6.45, 7) is 2.75. The Morgan fingerprint density at radius 2 is 2.29 bits per heavy atom. The normalized spacial score (nSPS) is 10.2. The Morgan fingerprint density at radius 3 is 2.94 bits per heavy atom. The third-order valence-electron chi connectivity index (χ3n) is 2.08. The van der Waals surface area contributed by atoms with Gasteiger partial charge in [0.2, 0.25) is 5.91 Å². The van der Waals surface area contributed by atoms with Gasteiger partial charge in [-0.25, -0.2) is 4.68 Å². The average Bonchev–Trinajstić information content (AvgIpc) is 2.64. The molecule has 0 bridgehead atoms. The molecule has 0 aliphatic heterocycles. The zero-order valence-corrected chi connectivity index (χ0v) is 9.72. The average molecular weight is 240 g/mol. The molecule has 94 valence electrons. The first-order chi connectivity index (χ1) is 8.11. The second kappa shape index (κ2) is 6.62. The van der Waals surface area contributed by atoms with Gasteiger partial charge in [-0.3, -0.25) is 9.59 Å². The van der Waals surface area contributed by atoms with Crippen molar-refractivity contribution in [2.75, 3.05) is 6.54 Å². The number of carbonyl (C=O) groups excluding carboxylic acids is 1. The van der Waals surface area contributed by atoms with Crippen LogP contribution in [0.3, 0.4) is 0 Å². The van der Waals surface area contributed by atoms with Crippen LogP contribution in [0.15, 0.2) is 6.20 Å². The lowest BCUT2D eigenvalue weighted by Crippen LogP contribution is -2.28. The quantitative estimate of drug-likeness (QED) is 0.644. The number of aliphatic carboxylic acids is 1. The summed E-state index contributed by atoms with van der Waals surface area (Å²) >= 11 is 0. The summed E-state index contributed by atoms with van der Waals surface area (Å²) in [5.74, 6) is -1.12. The van der Waals surface area contributed by atoms with Gasteiger partial charge < -0.3 is 10.4 Å². The van der Waals surface area contributed by atoms with Crippen LogP contribution in [0.4, 0.5) is 0 Å². The molecule has 7 nitrogen and oxygen atoms in total. The van der Waals surface area contributed by atoms with Gasteiger partial charge in [-0.05, 0) is 6.42 Å². The number of unbranched alkanes of at least 4 members (excludes halogenated alkanes) is 1.